The fourth-order valence-electron chi connectivity index (χ4n) is 9.55. The van der Waals surface area contributed by atoms with E-state index in [-0.39, 0.29) is 42.9 Å². The Morgan fingerprint density at radius 3 is 1.94 bits per heavy atom. The lowest BCUT2D eigenvalue weighted by atomic mass is 9.83. The summed E-state index contributed by atoms with van der Waals surface area (Å²) < 4.78 is 11.9. The minimum atomic E-state index is -1.45. The van der Waals surface area contributed by atoms with Crippen LogP contribution in [0.5, 0.6) is 0 Å². The number of rotatable bonds is 26. The van der Waals surface area contributed by atoms with E-state index in [9.17, 15) is 48.3 Å². The van der Waals surface area contributed by atoms with Gasteiger partial charge in [0.1, 0.15) is 17.9 Å². The molecule has 66 heavy (non-hydrogen) atoms. The summed E-state index contributed by atoms with van der Waals surface area (Å²) in [5, 5.41) is 12.6. The number of ketones is 2. The van der Waals surface area contributed by atoms with Gasteiger partial charge in [-0.3, -0.25) is 43.3 Å². The van der Waals surface area contributed by atoms with E-state index in [0.29, 0.717) is 25.8 Å². The third kappa shape index (κ3) is 13.6. The molecular formula is C49H73N5O12. The van der Waals surface area contributed by atoms with E-state index in [1.54, 1.807) is 61.9 Å². The van der Waals surface area contributed by atoms with Crippen molar-refractivity contribution in [3.63, 3.8) is 0 Å². The summed E-state index contributed by atoms with van der Waals surface area (Å²) in [5.74, 6) is -7.99. The van der Waals surface area contributed by atoms with Crippen LogP contribution in [0.1, 0.15) is 99.5 Å². The first-order chi connectivity index (χ1) is 31.0. The first kappa shape index (κ1) is 55.0. The lowest BCUT2D eigenvalue weighted by molar-refractivity contribution is -0.153. The molecule has 2 aliphatic rings. The predicted molar refractivity (Wildman–Crippen MR) is 245 cm³/mol. The number of benzene rings is 1. The summed E-state index contributed by atoms with van der Waals surface area (Å²) in [6.45, 7) is 14.4. The Kier molecular flexibility index (Phi) is 20.9. The third-order valence-electron chi connectivity index (χ3n) is 13.3. The number of likely N-dealkylation sites (N-methyl/N-ethyl adjacent to an activating group) is 2. The van der Waals surface area contributed by atoms with Crippen molar-refractivity contribution >= 4 is 53.0 Å². The van der Waals surface area contributed by atoms with Gasteiger partial charge in [0, 0.05) is 72.2 Å². The minimum absolute atomic E-state index is 0.0902. The number of aliphatic carboxylic acids is 1. The number of carbonyl (C=O) groups is 9. The molecule has 0 aliphatic carbocycles. The number of carboxylic acid groups (broad SMARTS) is 1. The summed E-state index contributed by atoms with van der Waals surface area (Å²) >= 11 is 0. The lowest BCUT2D eigenvalue weighted by Crippen LogP contribution is -2.56. The molecule has 0 radical (unpaired) electrons. The first-order valence-electron chi connectivity index (χ1n) is 23.0. The molecule has 6 amide bonds. The highest BCUT2D eigenvalue weighted by Crippen LogP contribution is 2.31. The quantitative estimate of drug-likeness (QED) is 0.127. The van der Waals surface area contributed by atoms with E-state index in [0.717, 1.165) is 22.6 Å². The Morgan fingerprint density at radius 1 is 0.833 bits per heavy atom. The van der Waals surface area contributed by atoms with Crippen molar-refractivity contribution in [2.24, 2.45) is 29.6 Å². The van der Waals surface area contributed by atoms with Crippen LogP contribution in [0.15, 0.2) is 42.5 Å². The zero-order chi connectivity index (χ0) is 49.7. The molecular weight excluding hydrogens is 851 g/mol. The highest BCUT2D eigenvalue weighted by atomic mass is 16.5. The number of nitrogens with zero attached hydrogens (tertiary/aromatic N) is 4. The van der Waals surface area contributed by atoms with E-state index < -0.39 is 108 Å². The summed E-state index contributed by atoms with van der Waals surface area (Å²) in [7, 11) is 5.97. The number of Topliss-reactive ketones (excluding diaryl/α,β-unsaturated/α-hetero) is 2. The maximum Gasteiger partial charge on any atom is 0.326 e. The number of amides is 6. The first-order valence-corrected chi connectivity index (χ1v) is 23.0. The molecule has 1 aromatic rings. The van der Waals surface area contributed by atoms with Crippen LogP contribution >= 0.6 is 0 Å². The Hall–Kier alpha value is -5.29. The van der Waals surface area contributed by atoms with Crippen LogP contribution in [0.25, 0.3) is 0 Å². The van der Waals surface area contributed by atoms with Crippen LogP contribution in [-0.4, -0.2) is 155 Å². The van der Waals surface area contributed by atoms with Gasteiger partial charge in [-0.05, 0) is 43.1 Å². The molecule has 1 fully saturated rings. The molecule has 0 spiro atoms. The van der Waals surface area contributed by atoms with E-state index in [1.165, 1.54) is 33.1 Å². The topological polar surface area (TPSA) is 217 Å². The van der Waals surface area contributed by atoms with E-state index >= 15 is 0 Å². The molecule has 1 unspecified atom stereocenters. The van der Waals surface area contributed by atoms with Gasteiger partial charge in [-0.15, -0.1) is 0 Å². The number of ether oxygens (including phenoxy) is 2. The second-order valence-corrected chi connectivity index (χ2v) is 18.6. The number of carbonyl (C=O) groups excluding carboxylic acids is 8. The maximum atomic E-state index is 14.7. The van der Waals surface area contributed by atoms with Crippen molar-refractivity contribution in [2.45, 2.75) is 143 Å². The van der Waals surface area contributed by atoms with Crippen molar-refractivity contribution in [2.75, 3.05) is 34.9 Å². The smallest absolute Gasteiger partial charge is 0.326 e. The van der Waals surface area contributed by atoms with Crippen molar-refractivity contribution in [3.8, 4) is 0 Å². The number of likely N-dealkylation sites (tertiary alicyclic amines) is 1. The Balaban J connectivity index is 1.83. The Morgan fingerprint density at radius 2 is 1.44 bits per heavy atom. The van der Waals surface area contributed by atoms with Gasteiger partial charge in [-0.1, -0.05) is 85.2 Å². The van der Waals surface area contributed by atoms with Crippen molar-refractivity contribution in [1.82, 2.24) is 24.9 Å². The van der Waals surface area contributed by atoms with Crippen molar-refractivity contribution in [3.05, 3.63) is 48.0 Å². The van der Waals surface area contributed by atoms with Gasteiger partial charge < -0.3 is 34.6 Å². The summed E-state index contributed by atoms with van der Waals surface area (Å²) in [6, 6.07) is 4.19. The molecule has 3 rings (SSSR count). The summed E-state index contributed by atoms with van der Waals surface area (Å²) in [4.78, 5) is 126. The van der Waals surface area contributed by atoms with Gasteiger partial charge in [-0.2, -0.15) is 0 Å². The number of hydrogen-bond donors (Lipinski definition) is 2. The monoisotopic (exact) mass is 924 g/mol. The molecule has 0 saturated carbocycles. The fourth-order valence-corrected chi connectivity index (χ4v) is 9.55. The second kappa shape index (κ2) is 25.0. The highest BCUT2D eigenvalue weighted by molar-refractivity contribution is 6.15. The fraction of sp³-hybridized carbons (Fsp3) is 0.653. The lowest BCUT2D eigenvalue weighted by Gasteiger charge is -2.41. The Labute approximate surface area is 389 Å². The van der Waals surface area contributed by atoms with Gasteiger partial charge in [0.25, 0.3) is 11.8 Å². The predicted octanol–water partition coefficient (Wildman–Crippen LogP) is 3.71. The largest absolute Gasteiger partial charge is 0.480 e. The third-order valence-corrected chi connectivity index (χ3v) is 13.3. The van der Waals surface area contributed by atoms with E-state index in [1.807, 2.05) is 33.8 Å². The zero-order valence-electron chi connectivity index (χ0n) is 40.9. The minimum Gasteiger partial charge on any atom is -0.480 e. The number of imide groups is 1. The maximum absolute atomic E-state index is 14.7. The van der Waals surface area contributed by atoms with Crippen LogP contribution in [0.3, 0.4) is 0 Å². The van der Waals surface area contributed by atoms with Gasteiger partial charge in [0.05, 0.1) is 42.7 Å². The van der Waals surface area contributed by atoms with Gasteiger partial charge in [-0.25, -0.2) is 4.79 Å². The standard InChI is InChI=1S/C49H73N5O12/c1-13-30(6)44(39(65-11)27-42(59)53-23-17-20-36(53)45(66-12)32(8)46(60)50-35(49(63)64)25-33-18-15-14-16-19-33)52(10)47(61)34(28(2)3)26-38(56)43(29(4)5)51(9)48(62)37(24-31(7)55)54-40(57)21-22-41(54)58/h14-16,18-19,21-22,28-30,32,34-37,39,43-45H,13,17,20,23-27H2,1-12H3,(H,50,60)(H,63,64)/t30-,32+,34+,35-,36-,37?,39+,43-,44-,45-/m0/s1. The summed E-state index contributed by atoms with van der Waals surface area (Å²) in [6.07, 6.45) is 1.64. The molecule has 10 atom stereocenters. The number of nitrogens with one attached hydrogen (secondary N) is 1. The second-order valence-electron chi connectivity index (χ2n) is 18.6. The van der Waals surface area contributed by atoms with Crippen molar-refractivity contribution < 1.29 is 57.7 Å². The molecule has 366 valence electrons. The molecule has 1 aromatic carbocycles. The molecule has 0 bridgehead atoms. The number of hydrogen-bond acceptors (Lipinski definition) is 11. The highest BCUT2D eigenvalue weighted by Gasteiger charge is 2.45. The molecule has 2 aliphatic heterocycles. The average molecular weight is 924 g/mol. The Bertz CT molecular complexity index is 1920. The number of carboxylic acids is 1. The molecule has 2 heterocycles. The molecule has 0 aromatic heterocycles. The van der Waals surface area contributed by atoms with Gasteiger partial charge >= 0.3 is 5.97 Å². The summed E-state index contributed by atoms with van der Waals surface area (Å²) in [5.41, 5.74) is 0.752. The zero-order valence-corrected chi connectivity index (χ0v) is 40.9. The molecule has 17 nitrogen and oxygen atoms in total. The van der Waals surface area contributed by atoms with Crippen LogP contribution in [0, 0.1) is 29.6 Å². The van der Waals surface area contributed by atoms with Crippen LogP contribution in [0.2, 0.25) is 0 Å². The van der Waals surface area contributed by atoms with E-state index in [2.05, 4.69) is 5.32 Å². The van der Waals surface area contributed by atoms with Crippen LogP contribution in [-0.2, 0) is 59.0 Å². The van der Waals surface area contributed by atoms with Crippen LogP contribution in [0.4, 0.5) is 0 Å². The van der Waals surface area contributed by atoms with Crippen molar-refractivity contribution in [1.29, 1.82) is 0 Å². The molecule has 17 heteroatoms. The average Bonchev–Trinajstić information content (AvgIpc) is 3.89. The van der Waals surface area contributed by atoms with Gasteiger partial charge in [0.15, 0.2) is 5.78 Å². The van der Waals surface area contributed by atoms with Crippen LogP contribution < -0.4 is 5.32 Å². The molecule has 2 N–H and O–H groups in total. The number of methoxy groups -OCH3 is 2. The van der Waals surface area contributed by atoms with Gasteiger partial charge in [0.2, 0.25) is 23.6 Å². The molecule has 1 saturated heterocycles. The SMILES string of the molecule is CC[C@H](C)[C@@H]([C@@H](CC(=O)N1CCC[C@H]1[C@@H](OC)[C@@H](C)C(=O)N[C@@H](Cc1ccccc1)C(=O)O)OC)N(C)C(=O)[C@H](CC(=O)[C@H](C(C)C)N(C)C(=O)C(CC(C)=O)N1C(=O)C=CC1=O)C(C)C. The van der Waals surface area contributed by atoms with E-state index in [4.69, 9.17) is 9.47 Å². The normalized spacial score (nSPS) is 19.2.